The Labute approximate surface area is 591 Å². The van der Waals surface area contributed by atoms with Crippen LogP contribution in [0.4, 0.5) is 0 Å². The van der Waals surface area contributed by atoms with E-state index in [9.17, 15) is 0 Å². The summed E-state index contributed by atoms with van der Waals surface area (Å²) in [6, 6.07) is 7.07. The van der Waals surface area contributed by atoms with Crippen LogP contribution in [0.5, 0.6) is 0 Å². The van der Waals surface area contributed by atoms with E-state index >= 15 is 0 Å². The van der Waals surface area contributed by atoms with Gasteiger partial charge >= 0.3 is 0 Å². The van der Waals surface area contributed by atoms with Gasteiger partial charge in [0.15, 0.2) is 0 Å². The molecule has 7 rings (SSSR count). The lowest BCUT2D eigenvalue weighted by Gasteiger charge is -2.45. The van der Waals surface area contributed by atoms with Crippen LogP contribution in [0.15, 0.2) is 0 Å². The van der Waals surface area contributed by atoms with Gasteiger partial charge in [0.2, 0.25) is 0 Å². The van der Waals surface area contributed by atoms with Crippen LogP contribution < -0.4 is 0 Å². The van der Waals surface area contributed by atoms with Crippen molar-refractivity contribution in [2.75, 3.05) is 213 Å². The predicted octanol–water partition coefficient (Wildman–Crippen LogP) is 12.8. The van der Waals surface area contributed by atoms with E-state index in [2.05, 4.69) is 333 Å². The number of likely N-dealkylation sites (N-methyl/N-ethyl adjacent to an activating group) is 7. The Kier molecular flexibility index (Phi) is 39.2. The van der Waals surface area contributed by atoms with Crippen molar-refractivity contribution in [2.24, 2.45) is 37.9 Å². The average molecular weight is 1330 g/mol. The van der Waals surface area contributed by atoms with E-state index in [1.54, 1.807) is 0 Å². The number of piperazine rings is 7. The fraction of sp³-hybridized carbons (Fsp3) is 1.00. The maximum absolute atomic E-state index is 2.65. The number of rotatable bonds is 7. The Morgan fingerprint density at radius 2 is 0.489 bits per heavy atom. The minimum atomic E-state index is 0.415. The van der Waals surface area contributed by atoms with E-state index in [4.69, 9.17) is 0 Å². The zero-order chi connectivity index (χ0) is 73.0. The first-order chi connectivity index (χ1) is 42.4. The fourth-order valence-electron chi connectivity index (χ4n) is 14.9. The lowest BCUT2D eigenvalue weighted by atomic mass is 9.93. The molecule has 7 aliphatic rings. The van der Waals surface area contributed by atoms with E-state index in [0.717, 1.165) is 24.2 Å². The average Bonchev–Trinajstić information content (AvgIpc) is 0.875. The van der Waals surface area contributed by atoms with Gasteiger partial charge in [-0.1, -0.05) is 145 Å². The van der Waals surface area contributed by atoms with Gasteiger partial charge in [-0.3, -0.25) is 29.4 Å². The van der Waals surface area contributed by atoms with Crippen molar-refractivity contribution >= 4 is 0 Å². The van der Waals surface area contributed by atoms with Gasteiger partial charge in [-0.2, -0.15) is 0 Å². The highest BCUT2D eigenvalue weighted by molar-refractivity contribution is 4.90. The van der Waals surface area contributed by atoms with Gasteiger partial charge in [-0.05, 0) is 156 Å². The molecular formula is C80H174N14. The zero-order valence-corrected chi connectivity index (χ0v) is 71.2. The van der Waals surface area contributed by atoms with Crippen molar-refractivity contribution in [3.63, 3.8) is 0 Å². The molecule has 10 atom stereocenters. The van der Waals surface area contributed by atoms with E-state index < -0.39 is 0 Å². The second-order valence-corrected chi connectivity index (χ2v) is 40.9. The minimum absolute atomic E-state index is 0.415. The molecule has 94 heavy (non-hydrogen) atoms. The Bertz CT molecular complexity index is 1870. The van der Waals surface area contributed by atoms with Crippen LogP contribution in [0.3, 0.4) is 0 Å². The topological polar surface area (TPSA) is 45.4 Å². The monoisotopic (exact) mass is 1330 g/mol. The highest BCUT2D eigenvalue weighted by atomic mass is 15.3. The standard InChI is InChI=1S/3C12H26N2.4C11H24N2/c1-10-8-14(9-12(3,4)5)11(2)7-13(10)6;1-10-7-14(9-12(3,4)5)8-11(2)13(10)6;1-10-7-13(6)8-11(2)14(10)9-12(3,4)5;2*1-10-8-13(7-6-12(10)5)9-11(2,3)4;2*1-10-8-12(5)6-7-13(10)9-11(2,3)4/h3*10-11H,7-9H2,1-6H3;4*10H,6-9H2,1-5H3/t3*10-,11+;4*10-/m1..1010/s1. The third-order valence-electron chi connectivity index (χ3n) is 20.0. The Morgan fingerprint density at radius 3 is 0.798 bits per heavy atom. The fourth-order valence-corrected chi connectivity index (χ4v) is 14.9. The third-order valence-corrected chi connectivity index (χ3v) is 20.0. The molecule has 7 heterocycles. The summed E-state index contributed by atoms with van der Waals surface area (Å²) in [5, 5.41) is 0. The van der Waals surface area contributed by atoms with Crippen LogP contribution in [0, 0.1) is 37.9 Å². The molecule has 7 aliphatic heterocycles. The molecule has 564 valence electrons. The molecule has 0 N–H and O–H groups in total. The van der Waals surface area contributed by atoms with Crippen LogP contribution in [-0.4, -0.2) is 342 Å². The second-order valence-electron chi connectivity index (χ2n) is 40.9. The summed E-state index contributed by atoms with van der Waals surface area (Å²) >= 11 is 0. The first kappa shape index (κ1) is 91.5. The molecule has 14 nitrogen and oxygen atoms in total. The van der Waals surface area contributed by atoms with Crippen molar-refractivity contribution < 1.29 is 0 Å². The van der Waals surface area contributed by atoms with Crippen molar-refractivity contribution in [2.45, 2.75) is 275 Å². The Hall–Kier alpha value is -0.560. The number of hydrogen-bond donors (Lipinski definition) is 0. The van der Waals surface area contributed by atoms with E-state index in [0.29, 0.717) is 74.2 Å². The van der Waals surface area contributed by atoms with Crippen LogP contribution in [-0.2, 0) is 0 Å². The Balaban J connectivity index is 0.000000548. The van der Waals surface area contributed by atoms with Crippen LogP contribution >= 0.6 is 0 Å². The first-order valence-electron chi connectivity index (χ1n) is 38.4. The van der Waals surface area contributed by atoms with E-state index in [-0.39, 0.29) is 0 Å². The molecule has 14 heteroatoms. The summed E-state index contributed by atoms with van der Waals surface area (Å²) in [6.45, 7) is 103. The first-order valence-corrected chi connectivity index (χ1v) is 38.4. The molecule has 0 aromatic heterocycles. The van der Waals surface area contributed by atoms with Gasteiger partial charge in [0.1, 0.15) is 0 Å². The maximum Gasteiger partial charge on any atom is 0.0198 e. The van der Waals surface area contributed by atoms with Gasteiger partial charge in [0.25, 0.3) is 0 Å². The molecule has 0 spiro atoms. The molecular weight excluding hydrogens is 1160 g/mol. The quantitative estimate of drug-likeness (QED) is 0.243. The maximum atomic E-state index is 2.65. The highest BCUT2D eigenvalue weighted by Crippen LogP contribution is 2.26. The summed E-state index contributed by atoms with van der Waals surface area (Å²) in [7, 11) is 15.6. The molecule has 0 aromatic rings. The van der Waals surface area contributed by atoms with Crippen molar-refractivity contribution in [3.8, 4) is 0 Å². The second kappa shape index (κ2) is 40.3. The number of hydrogen-bond acceptors (Lipinski definition) is 14. The van der Waals surface area contributed by atoms with E-state index in [1.807, 2.05) is 0 Å². The molecule has 0 unspecified atom stereocenters. The normalized spacial score (nSPS) is 29.8. The molecule has 0 aromatic carbocycles. The van der Waals surface area contributed by atoms with Gasteiger partial charge in [-0.15, -0.1) is 0 Å². The van der Waals surface area contributed by atoms with Crippen LogP contribution in [0.2, 0.25) is 0 Å². The summed E-state index contributed by atoms with van der Waals surface area (Å²) in [4.78, 5) is 35.4. The molecule has 7 fully saturated rings. The van der Waals surface area contributed by atoms with Crippen molar-refractivity contribution in [1.29, 1.82) is 0 Å². The summed E-state index contributed by atoms with van der Waals surface area (Å²) < 4.78 is 0. The third kappa shape index (κ3) is 41.4. The number of nitrogens with zero attached hydrogens (tertiary/aromatic N) is 14. The lowest BCUT2D eigenvalue weighted by molar-refractivity contribution is 0.0273. The molecule has 0 bridgehead atoms. The zero-order valence-electron chi connectivity index (χ0n) is 71.2. The summed E-state index contributed by atoms with van der Waals surface area (Å²) in [5.74, 6) is 0. The van der Waals surface area contributed by atoms with Gasteiger partial charge in [-0.25, -0.2) is 0 Å². The molecule has 0 aliphatic carbocycles. The summed E-state index contributed by atoms with van der Waals surface area (Å²) in [6.07, 6.45) is 0. The molecule has 0 amide bonds. The minimum Gasteiger partial charge on any atom is -0.304 e. The Morgan fingerprint density at radius 1 is 0.213 bits per heavy atom. The van der Waals surface area contributed by atoms with Crippen LogP contribution in [0.1, 0.15) is 215 Å². The lowest BCUT2D eigenvalue weighted by Crippen LogP contribution is -2.57. The van der Waals surface area contributed by atoms with E-state index in [1.165, 1.54) is 164 Å². The van der Waals surface area contributed by atoms with Gasteiger partial charge < -0.3 is 39.2 Å². The van der Waals surface area contributed by atoms with Crippen LogP contribution in [0.25, 0.3) is 0 Å². The van der Waals surface area contributed by atoms with Gasteiger partial charge in [0, 0.05) is 224 Å². The molecule has 0 radical (unpaired) electrons. The SMILES string of the molecule is C[C@@H]1CN(C)CCN1CC(C)(C)C.C[C@@H]1CN(C)C[C@H](C)N1CC(C)(C)C.C[C@@H]1CN(CC(C)(C)C)CCN1C.C[C@@H]1CN(CC(C)(C)C)C[C@H](C)N1C.C[C@@H]1CN(CC(C)(C)C)[C@@H](C)CN1C.C[C@H]1CN(C)CCN1CC(C)(C)C.C[C@H]1CN(CC(C)(C)C)CCN1C. The predicted molar refractivity (Wildman–Crippen MR) is 420 cm³/mol. The smallest absolute Gasteiger partial charge is 0.0198 e. The van der Waals surface area contributed by atoms with Crippen molar-refractivity contribution in [1.82, 2.24) is 68.6 Å². The largest absolute Gasteiger partial charge is 0.304 e. The van der Waals surface area contributed by atoms with Crippen molar-refractivity contribution in [3.05, 3.63) is 0 Å². The summed E-state index contributed by atoms with van der Waals surface area (Å²) in [5.41, 5.74) is 3.01. The molecule has 0 saturated carbocycles. The molecule has 7 saturated heterocycles. The highest BCUT2D eigenvalue weighted by Gasteiger charge is 2.34. The van der Waals surface area contributed by atoms with Gasteiger partial charge in [0.05, 0.1) is 0 Å².